The Bertz CT molecular complexity index is 853. The molecule has 2 aliphatic rings. The van der Waals surface area contributed by atoms with Crippen LogP contribution in [0.5, 0.6) is 0 Å². The topological polar surface area (TPSA) is 86.9 Å². The maximum absolute atomic E-state index is 12.5. The Balaban J connectivity index is 1.45. The van der Waals surface area contributed by atoms with Crippen LogP contribution in [0.3, 0.4) is 0 Å². The van der Waals surface area contributed by atoms with Gasteiger partial charge in [-0.15, -0.1) is 11.3 Å². The van der Waals surface area contributed by atoms with Gasteiger partial charge in [0.05, 0.1) is 5.39 Å². The van der Waals surface area contributed by atoms with E-state index in [4.69, 9.17) is 0 Å². The first kappa shape index (κ1) is 16.7. The molecule has 0 bridgehead atoms. The second-order valence-electron chi connectivity index (χ2n) is 7.37. The molecule has 6 nitrogen and oxygen atoms in total. The van der Waals surface area contributed by atoms with Crippen molar-refractivity contribution >= 4 is 27.5 Å². The number of H-pyrrole nitrogens is 1. The molecule has 1 unspecified atom stereocenters. The van der Waals surface area contributed by atoms with E-state index in [1.165, 1.54) is 10.4 Å². The highest BCUT2D eigenvalue weighted by Crippen LogP contribution is 2.35. The quantitative estimate of drug-likeness (QED) is 0.752. The number of nitrogens with zero attached hydrogens (tertiary/aromatic N) is 1. The minimum absolute atomic E-state index is 0.0222. The smallest absolute Gasteiger partial charge is 0.259 e. The molecule has 0 aromatic carbocycles. The molecule has 134 valence electrons. The van der Waals surface area contributed by atoms with E-state index >= 15 is 0 Å². The molecule has 2 aromatic heterocycles. The molecule has 1 aliphatic heterocycles. The number of thiophene rings is 1. The van der Waals surface area contributed by atoms with Gasteiger partial charge in [0.15, 0.2) is 0 Å². The maximum Gasteiger partial charge on any atom is 0.259 e. The molecule has 2 aromatic rings. The third-order valence-corrected chi connectivity index (χ3v) is 6.41. The SMILES string of the molecule is CC1CCc2c(sc3nc(CCC(=O)NCC4CNC4)[nH]c(=O)c23)C1. The van der Waals surface area contributed by atoms with E-state index in [0.717, 1.165) is 49.1 Å². The summed E-state index contributed by atoms with van der Waals surface area (Å²) < 4.78 is 0. The molecule has 3 N–H and O–H groups in total. The fraction of sp³-hybridized carbons (Fsp3) is 0.611. The van der Waals surface area contributed by atoms with Gasteiger partial charge in [-0.25, -0.2) is 4.98 Å². The minimum Gasteiger partial charge on any atom is -0.356 e. The predicted molar refractivity (Wildman–Crippen MR) is 99.1 cm³/mol. The van der Waals surface area contributed by atoms with Crippen LogP contribution in [-0.2, 0) is 24.1 Å². The van der Waals surface area contributed by atoms with Gasteiger partial charge in [-0.3, -0.25) is 9.59 Å². The zero-order valence-corrected chi connectivity index (χ0v) is 15.3. The van der Waals surface area contributed by atoms with Gasteiger partial charge in [-0.1, -0.05) is 6.92 Å². The summed E-state index contributed by atoms with van der Waals surface area (Å²) in [5.41, 5.74) is 1.15. The first-order chi connectivity index (χ1) is 12.1. The van der Waals surface area contributed by atoms with Crippen molar-refractivity contribution in [3.63, 3.8) is 0 Å². The number of carbonyl (C=O) groups is 1. The summed E-state index contributed by atoms with van der Waals surface area (Å²) in [6.45, 7) is 4.94. The molecule has 1 fully saturated rings. The van der Waals surface area contributed by atoms with Crippen molar-refractivity contribution in [1.29, 1.82) is 0 Å². The average Bonchev–Trinajstić information content (AvgIpc) is 2.89. The van der Waals surface area contributed by atoms with Gasteiger partial charge in [0.25, 0.3) is 5.56 Å². The molecule has 7 heteroatoms. The Morgan fingerprint density at radius 3 is 3.00 bits per heavy atom. The summed E-state index contributed by atoms with van der Waals surface area (Å²) in [6, 6.07) is 0. The second-order valence-corrected chi connectivity index (χ2v) is 8.46. The van der Waals surface area contributed by atoms with Crippen LogP contribution in [0.15, 0.2) is 4.79 Å². The third-order valence-electron chi connectivity index (χ3n) is 5.26. The summed E-state index contributed by atoms with van der Waals surface area (Å²) in [5, 5.41) is 6.92. The first-order valence-electron chi connectivity index (χ1n) is 9.11. The lowest BCUT2D eigenvalue weighted by atomic mass is 9.89. The molecular formula is C18H24N4O2S. The van der Waals surface area contributed by atoms with Crippen molar-refractivity contribution in [3.05, 3.63) is 26.6 Å². The summed E-state index contributed by atoms with van der Waals surface area (Å²) in [4.78, 5) is 34.2. The standard InChI is InChI=1S/C18H24N4O2S/c1-10-2-3-12-13(6-10)25-18-16(12)17(24)21-14(22-18)4-5-15(23)20-9-11-7-19-8-11/h10-11,19H,2-9H2,1H3,(H,20,23)(H,21,22,24). The van der Waals surface area contributed by atoms with E-state index in [2.05, 4.69) is 27.5 Å². The summed E-state index contributed by atoms with van der Waals surface area (Å²) in [5.74, 6) is 1.87. The van der Waals surface area contributed by atoms with Crippen LogP contribution in [0.2, 0.25) is 0 Å². The van der Waals surface area contributed by atoms with Crippen molar-refractivity contribution in [3.8, 4) is 0 Å². The zero-order chi connectivity index (χ0) is 17.4. The van der Waals surface area contributed by atoms with Crippen LogP contribution < -0.4 is 16.2 Å². The molecular weight excluding hydrogens is 336 g/mol. The monoisotopic (exact) mass is 360 g/mol. The number of fused-ring (bicyclic) bond motifs is 3. The number of amides is 1. The predicted octanol–water partition coefficient (Wildman–Crippen LogP) is 1.38. The number of hydrogen-bond donors (Lipinski definition) is 3. The number of carbonyl (C=O) groups excluding carboxylic acids is 1. The third kappa shape index (κ3) is 3.48. The van der Waals surface area contributed by atoms with Gasteiger partial charge in [0.1, 0.15) is 10.7 Å². The largest absolute Gasteiger partial charge is 0.356 e. The van der Waals surface area contributed by atoms with Crippen LogP contribution in [0.1, 0.15) is 36.0 Å². The molecule has 25 heavy (non-hydrogen) atoms. The first-order valence-corrected chi connectivity index (χ1v) is 9.92. The Morgan fingerprint density at radius 2 is 2.24 bits per heavy atom. The van der Waals surface area contributed by atoms with Crippen LogP contribution in [0.4, 0.5) is 0 Å². The van der Waals surface area contributed by atoms with Crippen LogP contribution in [-0.4, -0.2) is 35.5 Å². The number of aromatic nitrogens is 2. The Hall–Kier alpha value is -1.73. The van der Waals surface area contributed by atoms with Crippen LogP contribution >= 0.6 is 11.3 Å². The molecule has 3 heterocycles. The van der Waals surface area contributed by atoms with E-state index in [-0.39, 0.29) is 11.5 Å². The van der Waals surface area contributed by atoms with Crippen molar-refractivity contribution in [1.82, 2.24) is 20.6 Å². The molecule has 4 rings (SSSR count). The Labute approximate surface area is 150 Å². The lowest BCUT2D eigenvalue weighted by Gasteiger charge is -2.27. The number of nitrogens with one attached hydrogen (secondary N) is 3. The lowest BCUT2D eigenvalue weighted by Crippen LogP contribution is -2.48. The van der Waals surface area contributed by atoms with E-state index < -0.39 is 0 Å². The molecule has 0 radical (unpaired) electrons. The molecule has 1 atom stereocenters. The average molecular weight is 360 g/mol. The van der Waals surface area contributed by atoms with Crippen LogP contribution in [0.25, 0.3) is 10.2 Å². The van der Waals surface area contributed by atoms with E-state index in [0.29, 0.717) is 30.5 Å². The fourth-order valence-electron chi connectivity index (χ4n) is 3.58. The number of aryl methyl sites for hydroxylation is 2. The summed E-state index contributed by atoms with van der Waals surface area (Å²) in [6.07, 6.45) is 3.98. The lowest BCUT2D eigenvalue weighted by molar-refractivity contribution is -0.121. The van der Waals surface area contributed by atoms with Crippen molar-refractivity contribution in [2.75, 3.05) is 19.6 Å². The van der Waals surface area contributed by atoms with E-state index in [9.17, 15) is 9.59 Å². The molecule has 1 saturated heterocycles. The zero-order valence-electron chi connectivity index (χ0n) is 14.5. The van der Waals surface area contributed by atoms with Gasteiger partial charge in [0, 0.05) is 43.3 Å². The van der Waals surface area contributed by atoms with Crippen LogP contribution in [0, 0.1) is 11.8 Å². The number of rotatable bonds is 5. The van der Waals surface area contributed by atoms with Gasteiger partial charge < -0.3 is 15.6 Å². The van der Waals surface area contributed by atoms with Gasteiger partial charge in [0.2, 0.25) is 5.91 Å². The fourth-order valence-corrected chi connectivity index (χ4v) is 4.99. The molecule has 0 spiro atoms. The highest BCUT2D eigenvalue weighted by atomic mass is 32.1. The van der Waals surface area contributed by atoms with E-state index in [1.807, 2.05) is 0 Å². The second kappa shape index (κ2) is 6.88. The highest BCUT2D eigenvalue weighted by Gasteiger charge is 2.23. The van der Waals surface area contributed by atoms with Crippen molar-refractivity contribution in [2.24, 2.45) is 11.8 Å². The maximum atomic E-state index is 12.5. The van der Waals surface area contributed by atoms with Gasteiger partial charge >= 0.3 is 0 Å². The van der Waals surface area contributed by atoms with E-state index in [1.54, 1.807) is 11.3 Å². The normalized spacial score (nSPS) is 20.3. The Kier molecular flexibility index (Phi) is 4.60. The molecule has 1 aliphatic carbocycles. The highest BCUT2D eigenvalue weighted by molar-refractivity contribution is 7.18. The minimum atomic E-state index is -0.0481. The molecule has 0 saturated carbocycles. The van der Waals surface area contributed by atoms with Crippen molar-refractivity contribution < 1.29 is 4.79 Å². The van der Waals surface area contributed by atoms with Gasteiger partial charge in [-0.05, 0) is 30.7 Å². The number of hydrogen-bond acceptors (Lipinski definition) is 5. The summed E-state index contributed by atoms with van der Waals surface area (Å²) >= 11 is 1.65. The summed E-state index contributed by atoms with van der Waals surface area (Å²) in [7, 11) is 0. The van der Waals surface area contributed by atoms with Crippen molar-refractivity contribution in [2.45, 2.75) is 39.0 Å². The van der Waals surface area contributed by atoms with Gasteiger partial charge in [-0.2, -0.15) is 0 Å². The Morgan fingerprint density at radius 1 is 1.40 bits per heavy atom. The number of aromatic amines is 1. The molecule has 1 amide bonds.